The van der Waals surface area contributed by atoms with Crippen LogP contribution in [0.3, 0.4) is 0 Å². The van der Waals surface area contributed by atoms with Crippen molar-refractivity contribution in [2.45, 2.75) is 25.4 Å². The summed E-state index contributed by atoms with van der Waals surface area (Å²) in [4.78, 5) is 22.8. The molecule has 0 unspecified atom stereocenters. The quantitative estimate of drug-likeness (QED) is 0.691. The van der Waals surface area contributed by atoms with Crippen LogP contribution in [-0.4, -0.2) is 25.1 Å². The van der Waals surface area contributed by atoms with Crippen molar-refractivity contribution < 1.29 is 18.0 Å². The Labute approximate surface area is 152 Å². The molecule has 25 heavy (non-hydrogen) atoms. The van der Waals surface area contributed by atoms with Gasteiger partial charge in [-0.2, -0.15) is 0 Å². The van der Waals surface area contributed by atoms with Gasteiger partial charge in [-0.15, -0.1) is 0 Å². The normalized spacial score (nSPS) is 11.3. The molecule has 2 aromatic rings. The number of Topliss-reactive ketones (excluding diaryl/α,β-unsaturated/α-hetero) is 1. The van der Waals surface area contributed by atoms with Crippen molar-refractivity contribution in [3.63, 3.8) is 0 Å². The van der Waals surface area contributed by atoms with Gasteiger partial charge in [0.05, 0.1) is 17.3 Å². The smallest absolute Gasteiger partial charge is 0.186 e. The molecule has 0 fully saturated rings. The predicted molar refractivity (Wildman–Crippen MR) is 101 cm³/mol. The van der Waals surface area contributed by atoms with Crippen molar-refractivity contribution in [3.05, 3.63) is 70.8 Å². The van der Waals surface area contributed by atoms with E-state index in [0.717, 1.165) is 22.9 Å². The molecule has 0 atom stereocenters. The molecule has 2 rings (SSSR count). The van der Waals surface area contributed by atoms with Crippen LogP contribution in [-0.2, 0) is 26.1 Å². The number of benzene rings is 2. The monoisotopic (exact) mass is 376 g/mol. The Bertz CT molecular complexity index is 851. The summed E-state index contributed by atoms with van der Waals surface area (Å²) in [6.07, 6.45) is 0. The average Bonchev–Trinajstić information content (AvgIpc) is 2.55. The second kappa shape index (κ2) is 8.45. The van der Waals surface area contributed by atoms with Crippen molar-refractivity contribution >= 4 is 32.5 Å². The molecule has 0 heterocycles. The Morgan fingerprint density at radius 2 is 1.36 bits per heavy atom. The zero-order chi connectivity index (χ0) is 18.4. The van der Waals surface area contributed by atoms with Crippen LogP contribution in [0.2, 0.25) is 0 Å². The summed E-state index contributed by atoms with van der Waals surface area (Å²) in [5.41, 5.74) is 2.97. The fraction of sp³-hybridized carbons (Fsp3) is 0.263. The van der Waals surface area contributed by atoms with E-state index in [1.165, 1.54) is 6.92 Å². The standard InChI is InChI=1S/C19H20O4S2/c1-14-3-5-16(6-4-14)12-25(22,23)13-17-7-9-18(10-8-17)19(21)11-24-15(2)20/h3-10H,11-13H2,1-2H3. The van der Waals surface area contributed by atoms with Crippen LogP contribution in [0.4, 0.5) is 0 Å². The van der Waals surface area contributed by atoms with E-state index < -0.39 is 9.84 Å². The second-order valence-electron chi connectivity index (χ2n) is 5.92. The molecule has 0 aliphatic heterocycles. The van der Waals surface area contributed by atoms with Gasteiger partial charge in [-0.25, -0.2) is 8.42 Å². The van der Waals surface area contributed by atoms with E-state index >= 15 is 0 Å². The minimum atomic E-state index is -3.29. The van der Waals surface area contributed by atoms with E-state index in [-0.39, 0.29) is 28.2 Å². The lowest BCUT2D eigenvalue weighted by Crippen LogP contribution is -2.08. The number of aryl methyl sites for hydroxylation is 1. The summed E-state index contributed by atoms with van der Waals surface area (Å²) in [6.45, 7) is 3.37. The summed E-state index contributed by atoms with van der Waals surface area (Å²) in [5.74, 6) is -0.129. The van der Waals surface area contributed by atoms with Crippen LogP contribution in [0.1, 0.15) is 34.0 Å². The maximum atomic E-state index is 12.3. The molecule has 0 amide bonds. The molecule has 0 saturated heterocycles. The third kappa shape index (κ3) is 6.48. The van der Waals surface area contributed by atoms with Crippen LogP contribution >= 0.6 is 11.8 Å². The largest absolute Gasteiger partial charge is 0.293 e. The molecule has 0 spiro atoms. The molecule has 6 heteroatoms. The lowest BCUT2D eigenvalue weighted by molar-refractivity contribution is -0.109. The van der Waals surface area contributed by atoms with Gasteiger partial charge in [-0.1, -0.05) is 65.9 Å². The first-order valence-corrected chi connectivity index (χ1v) is 10.6. The summed E-state index contributed by atoms with van der Waals surface area (Å²) in [6, 6.07) is 14.0. The van der Waals surface area contributed by atoms with Crippen LogP contribution in [0.15, 0.2) is 48.5 Å². The molecule has 0 aromatic heterocycles. The Morgan fingerprint density at radius 1 is 0.880 bits per heavy atom. The number of carbonyl (C=O) groups is 2. The molecule has 2 aromatic carbocycles. The second-order valence-corrected chi connectivity index (χ2v) is 9.13. The van der Waals surface area contributed by atoms with Crippen LogP contribution < -0.4 is 0 Å². The van der Waals surface area contributed by atoms with Crippen molar-refractivity contribution in [2.75, 3.05) is 5.75 Å². The van der Waals surface area contributed by atoms with E-state index in [2.05, 4.69) is 0 Å². The molecular weight excluding hydrogens is 356 g/mol. The fourth-order valence-electron chi connectivity index (χ4n) is 2.28. The maximum absolute atomic E-state index is 12.3. The zero-order valence-electron chi connectivity index (χ0n) is 14.2. The van der Waals surface area contributed by atoms with E-state index in [9.17, 15) is 18.0 Å². The van der Waals surface area contributed by atoms with Gasteiger partial charge in [0.1, 0.15) is 0 Å². The third-order valence-electron chi connectivity index (χ3n) is 3.58. The topological polar surface area (TPSA) is 68.3 Å². The number of carbonyl (C=O) groups excluding carboxylic acids is 2. The van der Waals surface area contributed by atoms with E-state index in [0.29, 0.717) is 11.1 Å². The first-order valence-electron chi connectivity index (χ1n) is 7.77. The number of hydrogen-bond donors (Lipinski definition) is 0. The van der Waals surface area contributed by atoms with E-state index in [4.69, 9.17) is 0 Å². The maximum Gasteiger partial charge on any atom is 0.186 e. The number of sulfone groups is 1. The minimum Gasteiger partial charge on any atom is -0.293 e. The van der Waals surface area contributed by atoms with Crippen molar-refractivity contribution in [1.29, 1.82) is 0 Å². The van der Waals surface area contributed by atoms with Crippen molar-refractivity contribution in [1.82, 2.24) is 0 Å². The highest BCUT2D eigenvalue weighted by atomic mass is 32.2. The molecule has 132 valence electrons. The predicted octanol–water partition coefficient (Wildman–Crippen LogP) is 3.57. The first-order chi connectivity index (χ1) is 11.7. The molecule has 4 nitrogen and oxygen atoms in total. The molecule has 0 radical (unpaired) electrons. The van der Waals surface area contributed by atoms with Crippen LogP contribution in [0.5, 0.6) is 0 Å². The van der Waals surface area contributed by atoms with Gasteiger partial charge in [0, 0.05) is 12.5 Å². The van der Waals surface area contributed by atoms with Gasteiger partial charge in [-0.3, -0.25) is 9.59 Å². The average molecular weight is 376 g/mol. The highest BCUT2D eigenvalue weighted by molar-refractivity contribution is 8.14. The van der Waals surface area contributed by atoms with Gasteiger partial charge >= 0.3 is 0 Å². The minimum absolute atomic E-state index is 0.0107. The summed E-state index contributed by atoms with van der Waals surface area (Å²) >= 11 is 0.966. The fourth-order valence-corrected chi connectivity index (χ4v) is 4.28. The molecule has 0 aliphatic carbocycles. The van der Waals surface area contributed by atoms with Crippen molar-refractivity contribution in [2.24, 2.45) is 0 Å². The van der Waals surface area contributed by atoms with Gasteiger partial charge in [-0.05, 0) is 18.1 Å². The lowest BCUT2D eigenvalue weighted by atomic mass is 10.1. The van der Waals surface area contributed by atoms with Crippen LogP contribution in [0.25, 0.3) is 0 Å². The number of rotatable bonds is 7. The molecular formula is C19H20O4S2. The SMILES string of the molecule is CC(=O)SCC(=O)c1ccc(CS(=O)(=O)Cc2ccc(C)cc2)cc1. The molecule has 0 N–H and O–H groups in total. The summed E-state index contributed by atoms with van der Waals surface area (Å²) in [5, 5.41) is -0.104. The Kier molecular flexibility index (Phi) is 6.56. The third-order valence-corrected chi connectivity index (χ3v) is 5.94. The van der Waals surface area contributed by atoms with Gasteiger partial charge in [0.15, 0.2) is 20.7 Å². The number of ketones is 1. The molecule has 0 saturated carbocycles. The zero-order valence-corrected chi connectivity index (χ0v) is 15.8. The number of hydrogen-bond acceptors (Lipinski definition) is 5. The van der Waals surface area contributed by atoms with Gasteiger partial charge in [0.2, 0.25) is 0 Å². The van der Waals surface area contributed by atoms with Crippen molar-refractivity contribution in [3.8, 4) is 0 Å². The Balaban J connectivity index is 2.00. The molecule has 0 aliphatic rings. The van der Waals surface area contributed by atoms with Crippen LogP contribution in [0, 0.1) is 6.92 Å². The van der Waals surface area contributed by atoms with Gasteiger partial charge in [0.25, 0.3) is 0 Å². The summed E-state index contributed by atoms with van der Waals surface area (Å²) < 4.78 is 24.7. The Hall–Kier alpha value is -1.92. The highest BCUT2D eigenvalue weighted by Gasteiger charge is 2.14. The van der Waals surface area contributed by atoms with Gasteiger partial charge < -0.3 is 0 Å². The van der Waals surface area contributed by atoms with E-state index in [1.54, 1.807) is 24.3 Å². The van der Waals surface area contributed by atoms with E-state index in [1.807, 2.05) is 31.2 Å². The number of thioether (sulfide) groups is 1. The first kappa shape index (κ1) is 19.4. The lowest BCUT2D eigenvalue weighted by Gasteiger charge is -2.06. The molecule has 0 bridgehead atoms. The summed E-state index contributed by atoms with van der Waals surface area (Å²) in [7, 11) is -3.29. The Morgan fingerprint density at radius 3 is 1.84 bits per heavy atom. The highest BCUT2D eigenvalue weighted by Crippen LogP contribution is 2.15.